The zero-order valence-electron chi connectivity index (χ0n) is 14.0. The predicted octanol–water partition coefficient (Wildman–Crippen LogP) is 4.46. The van der Waals surface area contributed by atoms with E-state index < -0.39 is 0 Å². The van der Waals surface area contributed by atoms with Crippen LogP contribution in [0.5, 0.6) is 0 Å². The van der Waals surface area contributed by atoms with Gasteiger partial charge < -0.3 is 10.6 Å². The fourth-order valence-corrected chi connectivity index (χ4v) is 3.64. The first-order valence-corrected chi connectivity index (χ1v) is 9.53. The van der Waals surface area contributed by atoms with Crippen molar-refractivity contribution in [1.82, 2.24) is 5.32 Å². The first kappa shape index (κ1) is 17.4. The first-order valence-electron chi connectivity index (χ1n) is 8.65. The van der Waals surface area contributed by atoms with E-state index in [1.807, 2.05) is 29.6 Å². The lowest BCUT2D eigenvalue weighted by atomic mass is 9.95. The minimum absolute atomic E-state index is 0.120. The number of anilines is 1. The number of rotatable bonds is 5. The van der Waals surface area contributed by atoms with Gasteiger partial charge in [0.25, 0.3) is 5.91 Å². The van der Waals surface area contributed by atoms with Gasteiger partial charge in [-0.25, -0.2) is 0 Å². The Bertz CT molecular complexity index is 747. The highest BCUT2D eigenvalue weighted by Crippen LogP contribution is 2.20. The molecule has 1 aliphatic rings. The number of hydrogen-bond donors (Lipinski definition) is 2. The van der Waals surface area contributed by atoms with Gasteiger partial charge in [-0.15, -0.1) is 11.3 Å². The molecular weight excluding hydrogens is 332 g/mol. The summed E-state index contributed by atoms with van der Waals surface area (Å²) in [7, 11) is 0. The zero-order valence-corrected chi connectivity index (χ0v) is 14.9. The molecule has 0 radical (unpaired) electrons. The van der Waals surface area contributed by atoms with Crippen molar-refractivity contribution in [3.63, 3.8) is 0 Å². The van der Waals surface area contributed by atoms with Gasteiger partial charge in [-0.2, -0.15) is 0 Å². The molecule has 1 aromatic carbocycles. The highest BCUT2D eigenvalue weighted by Gasteiger charge is 2.18. The lowest BCUT2D eigenvalue weighted by Crippen LogP contribution is -2.36. The molecular formula is C20H22N2O2S. The molecule has 0 saturated heterocycles. The maximum absolute atomic E-state index is 12.6. The van der Waals surface area contributed by atoms with E-state index in [2.05, 4.69) is 10.6 Å². The molecule has 0 aliphatic heterocycles. The van der Waals surface area contributed by atoms with E-state index in [1.165, 1.54) is 12.5 Å². The molecule has 5 heteroatoms. The molecule has 1 fully saturated rings. The first-order chi connectivity index (χ1) is 12.2. The molecule has 0 unspecified atom stereocenters. The highest BCUT2D eigenvalue weighted by molar-refractivity contribution is 7.10. The highest BCUT2D eigenvalue weighted by atomic mass is 32.1. The summed E-state index contributed by atoms with van der Waals surface area (Å²) in [6, 6.07) is 11.3. The normalized spacial score (nSPS) is 15.2. The van der Waals surface area contributed by atoms with E-state index in [4.69, 9.17) is 0 Å². The van der Waals surface area contributed by atoms with Crippen LogP contribution >= 0.6 is 11.3 Å². The number of amides is 2. The Morgan fingerprint density at radius 3 is 2.60 bits per heavy atom. The van der Waals surface area contributed by atoms with Crippen LogP contribution in [0.2, 0.25) is 0 Å². The molecule has 2 N–H and O–H groups in total. The molecule has 1 aromatic heterocycles. The van der Waals surface area contributed by atoms with E-state index in [0.717, 1.165) is 30.6 Å². The van der Waals surface area contributed by atoms with Crippen LogP contribution < -0.4 is 10.6 Å². The van der Waals surface area contributed by atoms with E-state index in [0.29, 0.717) is 11.3 Å². The van der Waals surface area contributed by atoms with Crippen LogP contribution in [0.25, 0.3) is 6.08 Å². The Labute approximate surface area is 152 Å². The summed E-state index contributed by atoms with van der Waals surface area (Å²) in [5.74, 6) is -0.364. The summed E-state index contributed by atoms with van der Waals surface area (Å²) in [5, 5.41) is 7.87. The predicted molar refractivity (Wildman–Crippen MR) is 103 cm³/mol. The summed E-state index contributed by atoms with van der Waals surface area (Å²) < 4.78 is 0. The van der Waals surface area contributed by atoms with Crippen LogP contribution in [0, 0.1) is 0 Å². The molecule has 1 heterocycles. The molecule has 1 saturated carbocycles. The maximum atomic E-state index is 12.6. The number of thiophene rings is 1. The number of benzene rings is 1. The van der Waals surface area contributed by atoms with Gasteiger partial charge in [-0.1, -0.05) is 37.5 Å². The van der Waals surface area contributed by atoms with Crippen molar-refractivity contribution in [3.05, 3.63) is 58.3 Å². The Kier molecular flexibility index (Phi) is 6.01. The Hall–Kier alpha value is -2.40. The summed E-state index contributed by atoms with van der Waals surface area (Å²) in [5.41, 5.74) is 1.04. The molecule has 2 aromatic rings. The van der Waals surface area contributed by atoms with Crippen molar-refractivity contribution in [2.75, 3.05) is 5.32 Å². The third kappa shape index (κ3) is 5.03. The van der Waals surface area contributed by atoms with Crippen molar-refractivity contribution in [1.29, 1.82) is 0 Å². The second-order valence-electron chi connectivity index (χ2n) is 6.19. The van der Waals surface area contributed by atoms with E-state index in [-0.39, 0.29) is 17.9 Å². The largest absolute Gasteiger partial charge is 0.349 e. The monoisotopic (exact) mass is 354 g/mol. The minimum atomic E-state index is -0.244. The van der Waals surface area contributed by atoms with Crippen molar-refractivity contribution >= 4 is 34.9 Å². The second-order valence-corrected chi connectivity index (χ2v) is 7.17. The average Bonchev–Trinajstić information content (AvgIpc) is 3.15. The summed E-state index contributed by atoms with van der Waals surface area (Å²) in [4.78, 5) is 25.7. The third-order valence-electron chi connectivity index (χ3n) is 4.31. The Morgan fingerprint density at radius 2 is 1.84 bits per heavy atom. The lowest BCUT2D eigenvalue weighted by Gasteiger charge is -2.23. The molecule has 2 amide bonds. The SMILES string of the molecule is O=C(/C=C\c1cccs1)Nc1ccccc1C(=O)NC1CCCCC1. The molecule has 1 aliphatic carbocycles. The van der Waals surface area contributed by atoms with Crippen molar-refractivity contribution < 1.29 is 9.59 Å². The van der Waals surface area contributed by atoms with Gasteiger partial charge >= 0.3 is 0 Å². The van der Waals surface area contributed by atoms with Gasteiger partial charge in [-0.05, 0) is 42.5 Å². The third-order valence-corrected chi connectivity index (χ3v) is 5.15. The number of nitrogens with one attached hydrogen (secondary N) is 2. The van der Waals surface area contributed by atoms with Gasteiger partial charge in [0.05, 0.1) is 11.3 Å². The van der Waals surface area contributed by atoms with Crippen molar-refractivity contribution in [3.8, 4) is 0 Å². The van der Waals surface area contributed by atoms with Gasteiger partial charge in [0, 0.05) is 17.0 Å². The molecule has 4 nitrogen and oxygen atoms in total. The molecule has 0 spiro atoms. The van der Waals surface area contributed by atoms with Crippen LogP contribution in [0.1, 0.15) is 47.3 Å². The summed E-state index contributed by atoms with van der Waals surface area (Å²) >= 11 is 1.57. The number of carbonyl (C=O) groups excluding carboxylic acids is 2. The molecule has 0 bridgehead atoms. The van der Waals surface area contributed by atoms with E-state index >= 15 is 0 Å². The van der Waals surface area contributed by atoms with Gasteiger partial charge in [0.2, 0.25) is 5.91 Å². The van der Waals surface area contributed by atoms with Crippen LogP contribution in [0.15, 0.2) is 47.9 Å². The summed E-state index contributed by atoms with van der Waals surface area (Å²) in [6.45, 7) is 0. The van der Waals surface area contributed by atoms with Gasteiger partial charge in [0.15, 0.2) is 0 Å². The Morgan fingerprint density at radius 1 is 1.04 bits per heavy atom. The number of para-hydroxylation sites is 1. The maximum Gasteiger partial charge on any atom is 0.253 e. The van der Waals surface area contributed by atoms with Crippen molar-refractivity contribution in [2.24, 2.45) is 0 Å². The van der Waals surface area contributed by atoms with Crippen LogP contribution in [-0.2, 0) is 4.79 Å². The fraction of sp³-hybridized carbons (Fsp3) is 0.300. The molecule has 0 atom stereocenters. The van der Waals surface area contributed by atoms with E-state index in [1.54, 1.807) is 29.5 Å². The van der Waals surface area contributed by atoms with E-state index in [9.17, 15) is 9.59 Å². The standard InChI is InChI=1S/C20H22N2O2S/c23-19(13-12-16-9-6-14-25-16)22-18-11-5-4-10-17(18)20(24)21-15-7-2-1-3-8-15/h4-6,9-15H,1-3,7-8H2,(H,21,24)(H,22,23)/b13-12-. The lowest BCUT2D eigenvalue weighted by molar-refractivity contribution is -0.111. The Balaban J connectivity index is 1.65. The second kappa shape index (κ2) is 8.62. The van der Waals surface area contributed by atoms with Gasteiger partial charge in [0.1, 0.15) is 0 Å². The average molecular weight is 354 g/mol. The van der Waals surface area contributed by atoms with Crippen molar-refractivity contribution in [2.45, 2.75) is 38.1 Å². The topological polar surface area (TPSA) is 58.2 Å². The van der Waals surface area contributed by atoms with Crippen LogP contribution in [-0.4, -0.2) is 17.9 Å². The number of carbonyl (C=O) groups is 2. The number of hydrogen-bond acceptors (Lipinski definition) is 3. The van der Waals surface area contributed by atoms with Crippen LogP contribution in [0.3, 0.4) is 0 Å². The molecule has 130 valence electrons. The fourth-order valence-electron chi connectivity index (χ4n) is 3.02. The summed E-state index contributed by atoms with van der Waals surface area (Å²) in [6.07, 6.45) is 8.89. The smallest absolute Gasteiger partial charge is 0.253 e. The van der Waals surface area contributed by atoms with Gasteiger partial charge in [-0.3, -0.25) is 9.59 Å². The minimum Gasteiger partial charge on any atom is -0.349 e. The molecule has 3 rings (SSSR count). The zero-order chi connectivity index (χ0) is 17.5. The van der Waals surface area contributed by atoms with Crippen LogP contribution in [0.4, 0.5) is 5.69 Å². The quantitative estimate of drug-likeness (QED) is 0.779. The molecule has 25 heavy (non-hydrogen) atoms.